The summed E-state index contributed by atoms with van der Waals surface area (Å²) in [6.45, 7) is 2.51. The minimum Gasteiger partial charge on any atom is -0.396 e. The molecule has 90 valence electrons. The van der Waals surface area contributed by atoms with Crippen LogP contribution in [0, 0.1) is 5.92 Å². The Morgan fingerprint density at radius 3 is 3.06 bits per heavy atom. The largest absolute Gasteiger partial charge is 0.396 e. The van der Waals surface area contributed by atoms with Crippen molar-refractivity contribution in [2.24, 2.45) is 5.92 Å². The van der Waals surface area contributed by atoms with E-state index in [1.807, 2.05) is 18.2 Å². The van der Waals surface area contributed by atoms with Gasteiger partial charge in [0, 0.05) is 43.4 Å². The number of rotatable bonds is 2. The quantitative estimate of drug-likeness (QED) is 0.790. The number of anilines is 1. The fraction of sp³-hybridized carbons (Fsp3) is 0.462. The van der Waals surface area contributed by atoms with Gasteiger partial charge in [-0.1, -0.05) is 0 Å². The summed E-state index contributed by atoms with van der Waals surface area (Å²) in [5, 5.41) is 12.2. The molecule has 1 amide bonds. The Bertz CT molecular complexity index is 453. The van der Waals surface area contributed by atoms with Crippen LogP contribution in [0.2, 0.25) is 0 Å². The van der Waals surface area contributed by atoms with Crippen molar-refractivity contribution in [3.05, 3.63) is 29.3 Å². The second kappa shape index (κ2) is 4.04. The van der Waals surface area contributed by atoms with E-state index in [0.717, 1.165) is 24.2 Å². The number of aliphatic hydroxyl groups is 1. The number of fused-ring (bicyclic) bond motifs is 1. The van der Waals surface area contributed by atoms with Crippen molar-refractivity contribution < 1.29 is 9.90 Å². The molecule has 0 saturated carbocycles. The van der Waals surface area contributed by atoms with Crippen LogP contribution in [-0.4, -0.2) is 42.2 Å². The van der Waals surface area contributed by atoms with Crippen molar-refractivity contribution in [1.29, 1.82) is 0 Å². The van der Waals surface area contributed by atoms with Gasteiger partial charge in [0.25, 0.3) is 5.91 Å². The molecule has 0 bridgehead atoms. The van der Waals surface area contributed by atoms with E-state index in [-0.39, 0.29) is 18.4 Å². The van der Waals surface area contributed by atoms with E-state index in [1.54, 1.807) is 4.90 Å². The second-order valence-corrected chi connectivity index (χ2v) is 4.81. The summed E-state index contributed by atoms with van der Waals surface area (Å²) >= 11 is 0. The summed E-state index contributed by atoms with van der Waals surface area (Å²) in [6, 6.07) is 5.86. The lowest BCUT2D eigenvalue weighted by molar-refractivity contribution is 0.0362. The molecular formula is C13H16N2O2. The summed E-state index contributed by atoms with van der Waals surface area (Å²) in [7, 11) is 0. The molecular weight excluding hydrogens is 216 g/mol. The van der Waals surface area contributed by atoms with Gasteiger partial charge in [0.05, 0.1) is 0 Å². The Kier molecular flexibility index (Phi) is 2.52. The standard InChI is InChI=1S/C13H16N2O2/c16-8-9-6-15(7-9)13(17)11-1-2-12-10(5-11)3-4-14-12/h1-2,5,9,14,16H,3-4,6-8H2. The molecule has 1 aromatic rings. The third-order valence-electron chi connectivity index (χ3n) is 3.56. The average molecular weight is 232 g/mol. The van der Waals surface area contributed by atoms with Crippen LogP contribution < -0.4 is 5.32 Å². The lowest BCUT2D eigenvalue weighted by Crippen LogP contribution is -2.51. The van der Waals surface area contributed by atoms with Crippen molar-refractivity contribution in [3.8, 4) is 0 Å². The SMILES string of the molecule is O=C(c1ccc2c(c1)CCN2)N1CC(CO)C1. The van der Waals surface area contributed by atoms with E-state index in [0.29, 0.717) is 13.1 Å². The normalized spacial score (nSPS) is 18.5. The molecule has 4 nitrogen and oxygen atoms in total. The van der Waals surface area contributed by atoms with Crippen molar-refractivity contribution in [2.45, 2.75) is 6.42 Å². The van der Waals surface area contributed by atoms with E-state index < -0.39 is 0 Å². The number of likely N-dealkylation sites (tertiary alicyclic amines) is 1. The number of carbonyl (C=O) groups excluding carboxylic acids is 1. The summed E-state index contributed by atoms with van der Waals surface area (Å²) in [6.07, 6.45) is 0.996. The molecule has 17 heavy (non-hydrogen) atoms. The maximum absolute atomic E-state index is 12.1. The van der Waals surface area contributed by atoms with Gasteiger partial charge in [-0.3, -0.25) is 4.79 Å². The number of nitrogens with zero attached hydrogens (tertiary/aromatic N) is 1. The lowest BCUT2D eigenvalue weighted by Gasteiger charge is -2.38. The van der Waals surface area contributed by atoms with Crippen LogP contribution in [-0.2, 0) is 6.42 Å². The number of nitrogens with one attached hydrogen (secondary N) is 1. The molecule has 1 aromatic carbocycles. The van der Waals surface area contributed by atoms with E-state index >= 15 is 0 Å². The van der Waals surface area contributed by atoms with Gasteiger partial charge < -0.3 is 15.3 Å². The Morgan fingerprint density at radius 1 is 1.47 bits per heavy atom. The molecule has 1 saturated heterocycles. The fourth-order valence-corrected chi connectivity index (χ4v) is 2.47. The molecule has 2 N–H and O–H groups in total. The molecule has 2 aliphatic rings. The first-order chi connectivity index (χ1) is 8.28. The maximum Gasteiger partial charge on any atom is 0.253 e. The fourth-order valence-electron chi connectivity index (χ4n) is 2.47. The Labute approximate surface area is 100 Å². The first-order valence-corrected chi connectivity index (χ1v) is 6.05. The predicted molar refractivity (Wildman–Crippen MR) is 65.1 cm³/mol. The lowest BCUT2D eigenvalue weighted by atomic mass is 9.99. The highest BCUT2D eigenvalue weighted by Crippen LogP contribution is 2.25. The highest BCUT2D eigenvalue weighted by Gasteiger charge is 2.30. The third-order valence-corrected chi connectivity index (χ3v) is 3.56. The molecule has 1 fully saturated rings. The zero-order valence-corrected chi connectivity index (χ0v) is 9.65. The van der Waals surface area contributed by atoms with Crippen LogP contribution in [0.4, 0.5) is 5.69 Å². The van der Waals surface area contributed by atoms with E-state index in [4.69, 9.17) is 5.11 Å². The van der Waals surface area contributed by atoms with E-state index in [9.17, 15) is 4.79 Å². The number of carbonyl (C=O) groups is 1. The Hall–Kier alpha value is -1.55. The molecule has 0 atom stereocenters. The molecule has 0 radical (unpaired) electrons. The van der Waals surface area contributed by atoms with Crippen LogP contribution in [0.25, 0.3) is 0 Å². The average Bonchev–Trinajstić information content (AvgIpc) is 2.74. The van der Waals surface area contributed by atoms with Crippen LogP contribution >= 0.6 is 0 Å². The summed E-state index contributed by atoms with van der Waals surface area (Å²) in [5.41, 5.74) is 3.15. The minimum absolute atomic E-state index is 0.0874. The molecule has 0 spiro atoms. The molecule has 2 heterocycles. The highest BCUT2D eigenvalue weighted by atomic mass is 16.3. The molecule has 0 aromatic heterocycles. The minimum atomic E-state index is 0.0874. The second-order valence-electron chi connectivity index (χ2n) is 4.81. The van der Waals surface area contributed by atoms with Crippen molar-refractivity contribution in [2.75, 3.05) is 31.6 Å². The van der Waals surface area contributed by atoms with Crippen LogP contribution in [0.3, 0.4) is 0 Å². The number of benzene rings is 1. The number of aliphatic hydroxyl groups excluding tert-OH is 1. The number of hydrogen-bond acceptors (Lipinski definition) is 3. The predicted octanol–water partition coefficient (Wildman–Crippen LogP) is 0.719. The smallest absolute Gasteiger partial charge is 0.253 e. The molecule has 3 rings (SSSR count). The highest BCUT2D eigenvalue weighted by molar-refractivity contribution is 5.95. The van der Waals surface area contributed by atoms with E-state index in [1.165, 1.54) is 5.56 Å². The van der Waals surface area contributed by atoms with Gasteiger partial charge in [-0.2, -0.15) is 0 Å². The number of amides is 1. The van der Waals surface area contributed by atoms with Crippen molar-refractivity contribution in [3.63, 3.8) is 0 Å². The van der Waals surface area contributed by atoms with Gasteiger partial charge in [-0.15, -0.1) is 0 Å². The topological polar surface area (TPSA) is 52.6 Å². The van der Waals surface area contributed by atoms with Crippen molar-refractivity contribution >= 4 is 11.6 Å². The summed E-state index contributed by atoms with van der Waals surface area (Å²) in [5.74, 6) is 0.361. The first-order valence-electron chi connectivity index (χ1n) is 6.05. The zero-order chi connectivity index (χ0) is 11.8. The zero-order valence-electron chi connectivity index (χ0n) is 9.65. The van der Waals surface area contributed by atoms with Gasteiger partial charge in [-0.25, -0.2) is 0 Å². The summed E-state index contributed by atoms with van der Waals surface area (Å²) < 4.78 is 0. The molecule has 0 aliphatic carbocycles. The van der Waals surface area contributed by atoms with Crippen molar-refractivity contribution in [1.82, 2.24) is 4.90 Å². The third kappa shape index (κ3) is 1.78. The van der Waals surface area contributed by atoms with Gasteiger partial charge in [0.1, 0.15) is 0 Å². The first kappa shape index (κ1) is 10.6. The van der Waals surface area contributed by atoms with Gasteiger partial charge in [0.2, 0.25) is 0 Å². The number of hydrogen-bond donors (Lipinski definition) is 2. The maximum atomic E-state index is 12.1. The van der Waals surface area contributed by atoms with Crippen LogP contribution in [0.1, 0.15) is 15.9 Å². The van der Waals surface area contributed by atoms with Crippen LogP contribution in [0.5, 0.6) is 0 Å². The van der Waals surface area contributed by atoms with E-state index in [2.05, 4.69) is 5.32 Å². The summed E-state index contributed by atoms with van der Waals surface area (Å²) in [4.78, 5) is 13.9. The Balaban J connectivity index is 1.74. The molecule has 2 aliphatic heterocycles. The van der Waals surface area contributed by atoms with Gasteiger partial charge in [-0.05, 0) is 30.2 Å². The molecule has 0 unspecified atom stereocenters. The van der Waals surface area contributed by atoms with Gasteiger partial charge >= 0.3 is 0 Å². The monoisotopic (exact) mass is 232 g/mol. The molecule has 4 heteroatoms. The Morgan fingerprint density at radius 2 is 2.29 bits per heavy atom. The van der Waals surface area contributed by atoms with Gasteiger partial charge in [0.15, 0.2) is 0 Å². The van der Waals surface area contributed by atoms with Crippen LogP contribution in [0.15, 0.2) is 18.2 Å².